The van der Waals surface area contributed by atoms with Gasteiger partial charge in [-0.05, 0) is 57.1 Å². The molecular weight excluding hydrogens is 376 g/mol. The van der Waals surface area contributed by atoms with Crippen molar-refractivity contribution in [3.8, 4) is 5.75 Å². The Labute approximate surface area is 171 Å². The number of carbonyl (C=O) groups is 2. The number of rotatable bonds is 2. The normalized spacial score (nSPS) is 26.9. The van der Waals surface area contributed by atoms with Crippen LogP contribution >= 0.6 is 11.8 Å². The second kappa shape index (κ2) is 8.84. The molecule has 3 rings (SSSR count). The van der Waals surface area contributed by atoms with E-state index in [-0.39, 0.29) is 30.5 Å². The van der Waals surface area contributed by atoms with Crippen molar-refractivity contribution in [2.24, 2.45) is 0 Å². The molecular formula is C21H30N2O4S. The van der Waals surface area contributed by atoms with Gasteiger partial charge in [-0.2, -0.15) is 11.8 Å². The molecule has 0 bridgehead atoms. The molecule has 0 radical (unpaired) electrons. The predicted octanol–water partition coefficient (Wildman–Crippen LogP) is 2.08. The van der Waals surface area contributed by atoms with E-state index < -0.39 is 11.8 Å². The van der Waals surface area contributed by atoms with E-state index in [0.29, 0.717) is 0 Å². The highest BCUT2D eigenvalue weighted by Crippen LogP contribution is 2.38. The highest BCUT2D eigenvalue weighted by Gasteiger charge is 2.38. The van der Waals surface area contributed by atoms with Crippen LogP contribution in [0, 0.1) is 6.92 Å². The Kier molecular flexibility index (Phi) is 6.68. The number of Topliss-reactive ketones (excluding diaryl/α,β-unsaturated/α-hetero) is 1. The molecule has 0 amide bonds. The SMILES string of the molecule is COc1cc2c(cc1C)CCN1[C@H](C)COC(=O)C(=O)CSC[C@H]1[C@@H]2N(C)C. The van der Waals surface area contributed by atoms with Gasteiger partial charge in [0.25, 0.3) is 0 Å². The maximum absolute atomic E-state index is 12.0. The summed E-state index contributed by atoms with van der Waals surface area (Å²) in [6.45, 7) is 5.28. The Balaban J connectivity index is 2.03. The van der Waals surface area contributed by atoms with Crippen molar-refractivity contribution >= 4 is 23.5 Å². The minimum atomic E-state index is -0.708. The summed E-state index contributed by atoms with van der Waals surface area (Å²) in [5.74, 6) is 0.700. The molecule has 154 valence electrons. The summed E-state index contributed by atoms with van der Waals surface area (Å²) in [5.41, 5.74) is 3.77. The molecule has 0 spiro atoms. The van der Waals surface area contributed by atoms with Gasteiger partial charge in [0.2, 0.25) is 5.78 Å². The number of ether oxygens (including phenoxy) is 2. The number of thioether (sulfide) groups is 1. The number of fused-ring (bicyclic) bond motifs is 2. The largest absolute Gasteiger partial charge is 0.496 e. The molecule has 7 heteroatoms. The van der Waals surface area contributed by atoms with Crippen molar-refractivity contribution in [3.05, 3.63) is 28.8 Å². The first kappa shape index (κ1) is 21.1. The fourth-order valence-electron chi connectivity index (χ4n) is 4.34. The average Bonchev–Trinajstić information content (AvgIpc) is 2.81. The van der Waals surface area contributed by atoms with Crippen LogP contribution < -0.4 is 4.74 Å². The molecule has 3 atom stereocenters. The summed E-state index contributed by atoms with van der Waals surface area (Å²) in [5, 5.41) is 0. The molecule has 2 heterocycles. The van der Waals surface area contributed by atoms with Gasteiger partial charge in [-0.3, -0.25) is 9.69 Å². The summed E-state index contributed by atoms with van der Waals surface area (Å²) in [6.07, 6.45) is 0.933. The van der Waals surface area contributed by atoms with Crippen LogP contribution in [0.15, 0.2) is 12.1 Å². The molecule has 0 aromatic heterocycles. The minimum Gasteiger partial charge on any atom is -0.496 e. The van der Waals surface area contributed by atoms with Gasteiger partial charge in [-0.1, -0.05) is 6.07 Å². The van der Waals surface area contributed by atoms with Crippen molar-refractivity contribution in [2.45, 2.75) is 38.4 Å². The van der Waals surface area contributed by atoms with Crippen LogP contribution in [0.25, 0.3) is 0 Å². The lowest BCUT2D eigenvalue weighted by atomic mass is 9.92. The Morgan fingerprint density at radius 1 is 1.29 bits per heavy atom. The number of likely N-dealkylation sites (N-methyl/N-ethyl adjacent to an activating group) is 1. The highest BCUT2D eigenvalue weighted by molar-refractivity contribution is 8.00. The van der Waals surface area contributed by atoms with Crippen molar-refractivity contribution in [2.75, 3.05) is 45.9 Å². The second-order valence-corrected chi connectivity index (χ2v) is 8.90. The van der Waals surface area contributed by atoms with Crippen LogP contribution in [0.2, 0.25) is 0 Å². The van der Waals surface area contributed by atoms with Crippen LogP contribution in [0.3, 0.4) is 0 Å². The second-order valence-electron chi connectivity index (χ2n) is 7.87. The van der Waals surface area contributed by atoms with E-state index in [1.807, 2.05) is 0 Å². The Hall–Kier alpha value is -1.57. The lowest BCUT2D eigenvalue weighted by Crippen LogP contribution is -2.51. The number of benzene rings is 1. The van der Waals surface area contributed by atoms with Gasteiger partial charge >= 0.3 is 5.97 Å². The molecule has 0 N–H and O–H groups in total. The van der Waals surface area contributed by atoms with E-state index in [1.165, 1.54) is 22.9 Å². The number of nitrogens with zero attached hydrogens (tertiary/aromatic N) is 2. The van der Waals surface area contributed by atoms with E-state index in [2.05, 4.69) is 49.9 Å². The number of hydrogen-bond acceptors (Lipinski definition) is 7. The molecule has 1 aromatic carbocycles. The van der Waals surface area contributed by atoms with Gasteiger partial charge in [0.1, 0.15) is 12.4 Å². The maximum atomic E-state index is 12.0. The zero-order valence-electron chi connectivity index (χ0n) is 17.4. The first-order valence-corrected chi connectivity index (χ1v) is 10.9. The molecule has 28 heavy (non-hydrogen) atoms. The smallest absolute Gasteiger partial charge is 0.375 e. The first-order chi connectivity index (χ1) is 13.3. The van der Waals surface area contributed by atoms with Crippen molar-refractivity contribution in [1.82, 2.24) is 9.80 Å². The first-order valence-electron chi connectivity index (χ1n) is 9.70. The van der Waals surface area contributed by atoms with Crippen LogP contribution in [0.4, 0.5) is 0 Å². The van der Waals surface area contributed by atoms with Gasteiger partial charge in [0.15, 0.2) is 0 Å². The Bertz CT molecular complexity index is 752. The monoisotopic (exact) mass is 406 g/mol. The lowest BCUT2D eigenvalue weighted by Gasteiger charge is -2.41. The minimum absolute atomic E-state index is 0.0419. The van der Waals surface area contributed by atoms with Crippen molar-refractivity contribution in [1.29, 1.82) is 0 Å². The molecule has 1 aromatic rings. The Morgan fingerprint density at radius 2 is 2.04 bits per heavy atom. The van der Waals surface area contributed by atoms with Crippen LogP contribution in [0.1, 0.15) is 29.7 Å². The quantitative estimate of drug-likeness (QED) is 0.550. The molecule has 0 saturated carbocycles. The molecule has 0 aliphatic carbocycles. The third-order valence-corrected chi connectivity index (χ3v) is 6.78. The van der Waals surface area contributed by atoms with Crippen LogP contribution in [0.5, 0.6) is 5.75 Å². The standard InChI is InChI=1S/C21H30N2O4S/c1-13-8-15-6-7-23-14(2)10-27-21(25)18(24)12-28-11-17(23)20(22(3)4)16(15)9-19(13)26-5/h8-9,14,17,20H,6-7,10-12H2,1-5H3/t14-,17+,20-/m1/s1. The summed E-state index contributed by atoms with van der Waals surface area (Å²) in [6, 6.07) is 4.82. The number of carbonyl (C=O) groups excluding carboxylic acids is 2. The summed E-state index contributed by atoms with van der Waals surface area (Å²) >= 11 is 1.52. The number of ketones is 1. The number of hydrogen-bond donors (Lipinski definition) is 0. The molecule has 1 fully saturated rings. The van der Waals surface area contributed by atoms with Crippen molar-refractivity contribution < 1.29 is 19.1 Å². The topological polar surface area (TPSA) is 59.1 Å². The number of esters is 1. The molecule has 2 aliphatic rings. The fourth-order valence-corrected chi connectivity index (χ4v) is 5.38. The summed E-state index contributed by atoms with van der Waals surface area (Å²) < 4.78 is 10.9. The average molecular weight is 407 g/mol. The van der Waals surface area contributed by atoms with E-state index >= 15 is 0 Å². The summed E-state index contributed by atoms with van der Waals surface area (Å²) in [7, 11) is 5.91. The van der Waals surface area contributed by atoms with E-state index in [4.69, 9.17) is 9.47 Å². The number of cyclic esters (lactones) is 1. The van der Waals surface area contributed by atoms with E-state index in [9.17, 15) is 9.59 Å². The summed E-state index contributed by atoms with van der Waals surface area (Å²) in [4.78, 5) is 28.5. The van der Waals surface area contributed by atoms with Gasteiger partial charge in [0, 0.05) is 24.4 Å². The zero-order chi connectivity index (χ0) is 20.4. The molecule has 6 nitrogen and oxygen atoms in total. The van der Waals surface area contributed by atoms with Gasteiger partial charge in [-0.25, -0.2) is 4.79 Å². The van der Waals surface area contributed by atoms with Crippen molar-refractivity contribution in [3.63, 3.8) is 0 Å². The van der Waals surface area contributed by atoms with Gasteiger partial charge in [-0.15, -0.1) is 0 Å². The molecule has 0 unspecified atom stereocenters. The zero-order valence-corrected chi connectivity index (χ0v) is 18.2. The fraction of sp³-hybridized carbons (Fsp3) is 0.619. The third-order valence-electron chi connectivity index (χ3n) is 5.73. The van der Waals surface area contributed by atoms with Crippen LogP contribution in [-0.2, 0) is 20.7 Å². The predicted molar refractivity (Wildman–Crippen MR) is 111 cm³/mol. The van der Waals surface area contributed by atoms with Gasteiger partial charge in [0.05, 0.1) is 18.9 Å². The van der Waals surface area contributed by atoms with Crippen LogP contribution in [-0.4, -0.2) is 79.5 Å². The number of methoxy groups -OCH3 is 1. The molecule has 2 aliphatic heterocycles. The maximum Gasteiger partial charge on any atom is 0.375 e. The van der Waals surface area contributed by atoms with E-state index in [0.717, 1.165) is 30.0 Å². The molecule has 1 saturated heterocycles. The number of aryl methyl sites for hydroxylation is 1. The Morgan fingerprint density at radius 3 is 2.71 bits per heavy atom. The van der Waals surface area contributed by atoms with E-state index in [1.54, 1.807) is 7.11 Å². The lowest BCUT2D eigenvalue weighted by molar-refractivity contribution is -0.154. The van der Waals surface area contributed by atoms with Gasteiger partial charge < -0.3 is 14.4 Å². The third kappa shape index (κ3) is 4.21. The highest BCUT2D eigenvalue weighted by atomic mass is 32.2.